The minimum absolute atomic E-state index is 0.187. The average Bonchev–Trinajstić information content (AvgIpc) is 3.17. The van der Waals surface area contributed by atoms with Gasteiger partial charge in [0.2, 0.25) is 17.6 Å². The van der Waals surface area contributed by atoms with Crippen molar-refractivity contribution in [2.75, 3.05) is 7.11 Å². The number of carbonyl (C=O) groups is 1. The smallest absolute Gasteiger partial charge is 0.247 e. The Morgan fingerprint density at radius 3 is 2.67 bits per heavy atom. The second kappa shape index (κ2) is 8.59. The summed E-state index contributed by atoms with van der Waals surface area (Å²) < 4.78 is 5.02. The van der Waals surface area contributed by atoms with E-state index in [2.05, 4.69) is 25.7 Å². The van der Waals surface area contributed by atoms with E-state index in [1.165, 1.54) is 4.80 Å². The minimum atomic E-state index is -0.551. The summed E-state index contributed by atoms with van der Waals surface area (Å²) in [5, 5.41) is 15.9. The molecule has 3 aromatic rings. The molecule has 9 heteroatoms. The van der Waals surface area contributed by atoms with Crippen LogP contribution in [0.25, 0.3) is 11.4 Å². The van der Waals surface area contributed by atoms with E-state index in [-0.39, 0.29) is 5.91 Å². The number of pyridine rings is 1. The maximum Gasteiger partial charge on any atom is 0.247 e. The maximum absolute atomic E-state index is 12.6. The third-order valence-electron chi connectivity index (χ3n) is 3.97. The Morgan fingerprint density at radius 1 is 1.26 bits per heavy atom. The number of hydrogen-bond acceptors (Lipinski definition) is 6. The topological polar surface area (TPSA) is 94.8 Å². The lowest BCUT2D eigenvalue weighted by Crippen LogP contribution is -2.33. The number of carbonyl (C=O) groups excluding carboxylic acids is 1. The van der Waals surface area contributed by atoms with E-state index >= 15 is 0 Å². The summed E-state index contributed by atoms with van der Waals surface area (Å²) in [7, 11) is 1.55. The number of rotatable bonds is 7. The number of aromatic nitrogens is 5. The number of tetrazole rings is 1. The van der Waals surface area contributed by atoms with Crippen LogP contribution in [-0.2, 0) is 11.3 Å². The van der Waals surface area contributed by atoms with Gasteiger partial charge in [-0.05, 0) is 41.5 Å². The van der Waals surface area contributed by atoms with E-state index in [9.17, 15) is 4.79 Å². The number of methoxy groups -OCH3 is 1. The minimum Gasteiger partial charge on any atom is -0.481 e. The van der Waals surface area contributed by atoms with Crippen molar-refractivity contribution < 1.29 is 9.53 Å². The summed E-state index contributed by atoms with van der Waals surface area (Å²) in [5.41, 5.74) is 1.65. The van der Waals surface area contributed by atoms with Gasteiger partial charge in [-0.15, -0.1) is 10.2 Å². The Balaban J connectivity index is 1.66. The molecule has 27 heavy (non-hydrogen) atoms. The quantitative estimate of drug-likeness (QED) is 0.670. The fourth-order valence-electron chi connectivity index (χ4n) is 2.47. The Hall–Kier alpha value is -3.00. The van der Waals surface area contributed by atoms with Crippen LogP contribution in [0.3, 0.4) is 0 Å². The molecule has 0 aliphatic heterocycles. The van der Waals surface area contributed by atoms with Crippen LogP contribution in [0.2, 0.25) is 5.02 Å². The molecule has 1 unspecified atom stereocenters. The maximum atomic E-state index is 12.6. The summed E-state index contributed by atoms with van der Waals surface area (Å²) in [6.07, 6.45) is 2.19. The molecular weight excluding hydrogens is 368 g/mol. The fourth-order valence-corrected chi connectivity index (χ4v) is 2.59. The van der Waals surface area contributed by atoms with Gasteiger partial charge in [-0.2, -0.15) is 4.80 Å². The van der Waals surface area contributed by atoms with Gasteiger partial charge < -0.3 is 10.1 Å². The van der Waals surface area contributed by atoms with Crippen molar-refractivity contribution in [3.8, 4) is 17.3 Å². The lowest BCUT2D eigenvalue weighted by atomic mass is 10.2. The summed E-state index contributed by atoms with van der Waals surface area (Å²) >= 11 is 5.89. The molecule has 0 saturated carbocycles. The molecule has 0 bridgehead atoms. The largest absolute Gasteiger partial charge is 0.481 e. The molecule has 1 atom stereocenters. The predicted molar refractivity (Wildman–Crippen MR) is 100 cm³/mol. The highest BCUT2D eigenvalue weighted by atomic mass is 35.5. The van der Waals surface area contributed by atoms with Gasteiger partial charge in [0.05, 0.1) is 7.11 Å². The number of amides is 1. The van der Waals surface area contributed by atoms with E-state index in [1.807, 2.05) is 13.0 Å². The van der Waals surface area contributed by atoms with Crippen molar-refractivity contribution in [3.05, 3.63) is 53.2 Å². The molecule has 1 aromatic carbocycles. The van der Waals surface area contributed by atoms with Crippen LogP contribution >= 0.6 is 11.6 Å². The van der Waals surface area contributed by atoms with Crippen molar-refractivity contribution in [1.82, 2.24) is 30.5 Å². The highest BCUT2D eigenvalue weighted by molar-refractivity contribution is 6.30. The molecule has 1 N–H and O–H groups in total. The lowest BCUT2D eigenvalue weighted by molar-refractivity contribution is -0.125. The lowest BCUT2D eigenvalue weighted by Gasteiger charge is -2.13. The van der Waals surface area contributed by atoms with Crippen molar-refractivity contribution in [1.29, 1.82) is 0 Å². The van der Waals surface area contributed by atoms with Crippen LogP contribution in [0.4, 0.5) is 0 Å². The van der Waals surface area contributed by atoms with Gasteiger partial charge in [-0.1, -0.05) is 24.6 Å². The van der Waals surface area contributed by atoms with Gasteiger partial charge in [0.25, 0.3) is 0 Å². The molecule has 2 heterocycles. The summed E-state index contributed by atoms with van der Waals surface area (Å²) in [6, 6.07) is 10.2. The standard InChI is InChI=1S/C18H19ClN6O2/c1-3-15(18(26)21-11-12-4-9-16(27-2)20-10-12)25-23-17(22-24-25)13-5-7-14(19)8-6-13/h4-10,15H,3,11H2,1-2H3,(H,21,26). The molecule has 2 aromatic heterocycles. The summed E-state index contributed by atoms with van der Waals surface area (Å²) in [4.78, 5) is 18.0. The number of halogens is 1. The first-order valence-corrected chi connectivity index (χ1v) is 8.80. The Kier molecular flexibility index (Phi) is 5.97. The van der Waals surface area contributed by atoms with Crippen LogP contribution in [0.15, 0.2) is 42.6 Å². The molecular formula is C18H19ClN6O2. The van der Waals surface area contributed by atoms with Gasteiger partial charge in [0.15, 0.2) is 6.04 Å². The molecule has 0 aliphatic carbocycles. The molecule has 8 nitrogen and oxygen atoms in total. The van der Waals surface area contributed by atoms with Crippen LogP contribution in [-0.4, -0.2) is 38.2 Å². The van der Waals surface area contributed by atoms with Crippen molar-refractivity contribution in [2.24, 2.45) is 0 Å². The molecule has 0 fully saturated rings. The molecule has 1 amide bonds. The molecule has 0 aliphatic rings. The van der Waals surface area contributed by atoms with E-state index < -0.39 is 6.04 Å². The van der Waals surface area contributed by atoms with Gasteiger partial charge in [-0.25, -0.2) is 4.98 Å². The molecule has 0 spiro atoms. The zero-order valence-electron chi connectivity index (χ0n) is 15.0. The van der Waals surface area contributed by atoms with E-state index in [1.54, 1.807) is 43.6 Å². The third-order valence-corrected chi connectivity index (χ3v) is 4.22. The summed E-state index contributed by atoms with van der Waals surface area (Å²) in [6.45, 7) is 2.25. The van der Waals surface area contributed by atoms with Crippen molar-refractivity contribution >= 4 is 17.5 Å². The Labute approximate surface area is 161 Å². The van der Waals surface area contributed by atoms with Gasteiger partial charge in [0.1, 0.15) is 0 Å². The van der Waals surface area contributed by atoms with E-state index in [0.717, 1.165) is 11.1 Å². The number of hydrogen-bond donors (Lipinski definition) is 1. The molecule has 3 rings (SSSR count). The van der Waals surface area contributed by atoms with Gasteiger partial charge >= 0.3 is 0 Å². The fraction of sp³-hybridized carbons (Fsp3) is 0.278. The van der Waals surface area contributed by atoms with E-state index in [4.69, 9.17) is 16.3 Å². The highest BCUT2D eigenvalue weighted by Crippen LogP contribution is 2.18. The molecule has 0 radical (unpaired) electrons. The van der Waals surface area contributed by atoms with Gasteiger partial charge in [-0.3, -0.25) is 4.79 Å². The first kappa shape index (κ1) is 18.8. The highest BCUT2D eigenvalue weighted by Gasteiger charge is 2.21. The monoisotopic (exact) mass is 386 g/mol. The van der Waals surface area contributed by atoms with Crippen LogP contribution in [0.5, 0.6) is 5.88 Å². The Bertz CT molecular complexity index is 895. The average molecular weight is 387 g/mol. The number of benzene rings is 1. The zero-order valence-corrected chi connectivity index (χ0v) is 15.7. The first-order chi connectivity index (χ1) is 13.1. The van der Waals surface area contributed by atoms with Crippen LogP contribution < -0.4 is 10.1 Å². The van der Waals surface area contributed by atoms with Crippen molar-refractivity contribution in [3.63, 3.8) is 0 Å². The number of nitrogens with zero attached hydrogens (tertiary/aromatic N) is 5. The number of nitrogens with one attached hydrogen (secondary N) is 1. The van der Waals surface area contributed by atoms with Crippen molar-refractivity contribution in [2.45, 2.75) is 25.9 Å². The number of ether oxygens (including phenoxy) is 1. The first-order valence-electron chi connectivity index (χ1n) is 8.42. The second-order valence-electron chi connectivity index (χ2n) is 5.79. The SMILES string of the molecule is CCC(C(=O)NCc1ccc(OC)nc1)n1nnc(-c2ccc(Cl)cc2)n1. The third kappa shape index (κ3) is 4.59. The normalized spacial score (nSPS) is 11.8. The summed E-state index contributed by atoms with van der Waals surface area (Å²) in [5.74, 6) is 0.781. The molecule has 0 saturated heterocycles. The molecule has 140 valence electrons. The Morgan fingerprint density at radius 2 is 2.04 bits per heavy atom. The van der Waals surface area contributed by atoms with Crippen LogP contribution in [0.1, 0.15) is 24.9 Å². The second-order valence-corrected chi connectivity index (χ2v) is 6.23. The zero-order chi connectivity index (χ0) is 19.2. The predicted octanol–water partition coefficient (Wildman–Crippen LogP) is 2.66. The van der Waals surface area contributed by atoms with Gasteiger partial charge in [0, 0.05) is 29.4 Å². The van der Waals surface area contributed by atoms with Crippen LogP contribution in [0, 0.1) is 0 Å². The van der Waals surface area contributed by atoms with E-state index in [0.29, 0.717) is 29.7 Å².